The first-order valence-electron chi connectivity index (χ1n) is 24.5. The van der Waals surface area contributed by atoms with Gasteiger partial charge in [0, 0.05) is 42.3 Å². The van der Waals surface area contributed by atoms with Crippen molar-refractivity contribution in [2.24, 2.45) is 67.3 Å². The van der Waals surface area contributed by atoms with Gasteiger partial charge in [0.25, 0.3) is 0 Å². The topological polar surface area (TPSA) is 261 Å². The van der Waals surface area contributed by atoms with E-state index in [1.54, 1.807) is 6.33 Å². The number of ether oxygens (including phenoxy) is 2. The third-order valence-electron chi connectivity index (χ3n) is 20.9. The molecule has 1 amide bonds. The number of nitrogens with one attached hydrogen (secondary N) is 2. The molecule has 7 fully saturated rings. The van der Waals surface area contributed by atoms with Crippen molar-refractivity contribution in [3.63, 3.8) is 0 Å². The van der Waals surface area contributed by atoms with Crippen LogP contribution in [0.15, 0.2) is 24.2 Å². The van der Waals surface area contributed by atoms with Crippen LogP contribution in [0, 0.1) is 61.6 Å². The van der Waals surface area contributed by atoms with E-state index in [1.165, 1.54) is 5.57 Å². The summed E-state index contributed by atoms with van der Waals surface area (Å²) in [6.07, 6.45) is 8.10. The van der Waals surface area contributed by atoms with Gasteiger partial charge in [-0.3, -0.25) is 9.59 Å². The van der Waals surface area contributed by atoms with Crippen LogP contribution >= 0.6 is 0 Å². The summed E-state index contributed by atoms with van der Waals surface area (Å²) in [5.41, 5.74) is 4.25. The fourth-order valence-corrected chi connectivity index (χ4v) is 17.5. The lowest BCUT2D eigenvalue weighted by molar-refractivity contribution is -0.358. The number of carboxylic acids is 1. The van der Waals surface area contributed by atoms with E-state index >= 15 is 0 Å². The predicted octanol–water partition coefficient (Wildman–Crippen LogP) is 3.51. The SMILES string of the molecule is CC1(CO)CCC2(C(=O)O)CCC34CCCC5(CC=C3C2C1)C1(C)C(CC2CC(=O)NC2C(CCCN)c2cnc[nH]2)C(O)C(OC2OCC(O)C(O)C2O)C(C)(CO)C1CCC45C. The van der Waals surface area contributed by atoms with E-state index in [0.29, 0.717) is 51.5 Å². The van der Waals surface area contributed by atoms with Gasteiger partial charge in [-0.25, -0.2) is 4.98 Å². The van der Waals surface area contributed by atoms with Crippen molar-refractivity contribution in [1.82, 2.24) is 15.3 Å². The predicted molar refractivity (Wildman–Crippen MR) is 234 cm³/mol. The molecule has 1 aromatic heterocycles. The number of imidazole rings is 1. The van der Waals surface area contributed by atoms with Gasteiger partial charge < -0.3 is 61.3 Å². The number of nitrogens with two attached hydrogens (primary N) is 1. The molecule has 1 aromatic rings. The number of allylic oxidation sites excluding steroid dienone is 2. The molecule has 15 nitrogen and oxygen atoms in total. The number of carbonyl (C=O) groups excluding carboxylic acids is 1. The van der Waals surface area contributed by atoms with Crippen molar-refractivity contribution in [1.29, 1.82) is 0 Å². The van der Waals surface area contributed by atoms with Crippen LogP contribution in [0.1, 0.15) is 136 Å². The average Bonchev–Trinajstić information content (AvgIpc) is 3.93. The van der Waals surface area contributed by atoms with E-state index < -0.39 is 70.4 Å². The molecule has 3 heterocycles. The molecule has 358 valence electrons. The van der Waals surface area contributed by atoms with Gasteiger partial charge >= 0.3 is 5.97 Å². The van der Waals surface area contributed by atoms with Crippen LogP contribution in [0.4, 0.5) is 0 Å². The van der Waals surface area contributed by atoms with Crippen LogP contribution in [0.25, 0.3) is 0 Å². The van der Waals surface area contributed by atoms with Crippen molar-refractivity contribution in [2.45, 2.75) is 173 Å². The number of aliphatic hydroxyl groups excluding tert-OH is 6. The first-order valence-corrected chi connectivity index (χ1v) is 24.5. The Morgan fingerprint density at radius 3 is 2.45 bits per heavy atom. The molecule has 15 heteroatoms. The minimum absolute atomic E-state index is 0.0123. The van der Waals surface area contributed by atoms with Crippen molar-refractivity contribution < 1.29 is 54.8 Å². The maximum atomic E-state index is 13.7. The van der Waals surface area contributed by atoms with E-state index in [2.05, 4.69) is 42.1 Å². The summed E-state index contributed by atoms with van der Waals surface area (Å²) in [6, 6.07) is -0.281. The molecule has 0 radical (unpaired) electrons. The Bertz CT molecular complexity index is 1950. The fraction of sp³-hybridized carbons (Fsp3) is 0.857. The highest BCUT2D eigenvalue weighted by Crippen LogP contribution is 2.85. The Labute approximate surface area is 377 Å². The number of nitrogens with zero attached hydrogens (tertiary/aromatic N) is 1. The van der Waals surface area contributed by atoms with Crippen molar-refractivity contribution >= 4 is 11.9 Å². The molecule has 2 bridgehead atoms. The van der Waals surface area contributed by atoms with E-state index in [4.69, 9.17) is 15.2 Å². The minimum atomic E-state index is -1.60. The number of hydrogen-bond acceptors (Lipinski definition) is 12. The molecule has 2 aliphatic heterocycles. The summed E-state index contributed by atoms with van der Waals surface area (Å²) >= 11 is 0. The van der Waals surface area contributed by atoms with Gasteiger partial charge in [-0.2, -0.15) is 0 Å². The normalized spacial score (nSPS) is 50.3. The number of aromatic nitrogens is 2. The average molecular weight is 897 g/mol. The Morgan fingerprint density at radius 2 is 1.77 bits per heavy atom. The molecule has 8 aliphatic rings. The van der Waals surface area contributed by atoms with Gasteiger partial charge in [-0.15, -0.1) is 0 Å². The van der Waals surface area contributed by atoms with Crippen molar-refractivity contribution in [3.05, 3.63) is 29.9 Å². The highest BCUT2D eigenvalue weighted by atomic mass is 16.7. The number of aromatic amines is 1. The van der Waals surface area contributed by atoms with Crippen LogP contribution in [0.2, 0.25) is 0 Å². The Morgan fingerprint density at radius 1 is 1.00 bits per heavy atom. The van der Waals surface area contributed by atoms with E-state index in [9.17, 15) is 45.3 Å². The smallest absolute Gasteiger partial charge is 0.310 e. The molecular formula is C49H76N4O11. The number of aliphatic carboxylic acids is 1. The first-order chi connectivity index (χ1) is 30.4. The largest absolute Gasteiger partial charge is 0.481 e. The molecular weight excluding hydrogens is 821 g/mol. The number of amides is 1. The van der Waals surface area contributed by atoms with Gasteiger partial charge in [0.15, 0.2) is 6.29 Å². The number of carboxylic acid groups (broad SMARTS) is 1. The Balaban J connectivity index is 1.19. The zero-order chi connectivity index (χ0) is 45.8. The highest BCUT2D eigenvalue weighted by Gasteiger charge is 2.80. The monoisotopic (exact) mass is 897 g/mol. The molecule has 2 saturated heterocycles. The van der Waals surface area contributed by atoms with Gasteiger partial charge in [0.1, 0.15) is 18.3 Å². The molecule has 0 aromatic carbocycles. The minimum Gasteiger partial charge on any atom is -0.481 e. The molecule has 64 heavy (non-hydrogen) atoms. The van der Waals surface area contributed by atoms with E-state index in [1.807, 2.05) is 13.1 Å². The first kappa shape index (κ1) is 46.6. The summed E-state index contributed by atoms with van der Waals surface area (Å²) in [7, 11) is 0. The zero-order valence-corrected chi connectivity index (χ0v) is 38.4. The molecule has 1 spiro atoms. The lowest BCUT2D eigenvalue weighted by Gasteiger charge is -2.80. The van der Waals surface area contributed by atoms with Gasteiger partial charge in [0.2, 0.25) is 5.91 Å². The molecule has 9 rings (SSSR count). The summed E-state index contributed by atoms with van der Waals surface area (Å²) in [5, 5.41) is 82.6. The number of aliphatic hydroxyl groups is 6. The maximum Gasteiger partial charge on any atom is 0.310 e. The lowest BCUT2D eigenvalue weighted by atomic mass is 9.24. The fourth-order valence-electron chi connectivity index (χ4n) is 17.5. The quantitative estimate of drug-likeness (QED) is 0.107. The summed E-state index contributed by atoms with van der Waals surface area (Å²) in [4.78, 5) is 34.9. The Hall–Kier alpha value is -2.47. The van der Waals surface area contributed by atoms with Crippen LogP contribution in [0.5, 0.6) is 0 Å². The molecule has 19 unspecified atom stereocenters. The number of rotatable bonds is 12. The number of carbonyl (C=O) groups is 2. The second-order valence-corrected chi connectivity index (χ2v) is 23.2. The number of hydrogen-bond donors (Lipinski definition) is 10. The summed E-state index contributed by atoms with van der Waals surface area (Å²) < 4.78 is 12.5. The molecule has 19 atom stereocenters. The molecule has 5 saturated carbocycles. The van der Waals surface area contributed by atoms with Crippen LogP contribution < -0.4 is 11.1 Å². The highest BCUT2D eigenvalue weighted by molar-refractivity contribution is 5.79. The molecule has 11 N–H and O–H groups in total. The number of H-pyrrole nitrogens is 1. The van der Waals surface area contributed by atoms with Gasteiger partial charge in [-0.05, 0) is 141 Å². The molecule has 6 aliphatic carbocycles. The zero-order valence-electron chi connectivity index (χ0n) is 38.4. The van der Waals surface area contributed by atoms with Crippen LogP contribution in [-0.2, 0) is 19.1 Å². The number of fused-ring (bicyclic) bond motifs is 3. The third kappa shape index (κ3) is 6.33. The second-order valence-electron chi connectivity index (χ2n) is 23.2. The van der Waals surface area contributed by atoms with Gasteiger partial charge in [0.05, 0.1) is 37.2 Å². The lowest BCUT2D eigenvalue weighted by Crippen LogP contribution is -2.77. The third-order valence-corrected chi connectivity index (χ3v) is 20.9. The summed E-state index contributed by atoms with van der Waals surface area (Å²) in [6.45, 7) is 8.80. The summed E-state index contributed by atoms with van der Waals surface area (Å²) in [5.74, 6) is -1.99. The van der Waals surface area contributed by atoms with Crippen molar-refractivity contribution in [2.75, 3.05) is 26.4 Å². The van der Waals surface area contributed by atoms with Gasteiger partial charge in [-0.1, -0.05) is 45.8 Å². The second kappa shape index (κ2) is 16.4. The maximum absolute atomic E-state index is 13.7. The van der Waals surface area contributed by atoms with Crippen LogP contribution in [0.3, 0.4) is 0 Å². The van der Waals surface area contributed by atoms with E-state index in [0.717, 1.165) is 50.6 Å². The Kier molecular flexibility index (Phi) is 11.9. The van der Waals surface area contributed by atoms with Crippen LogP contribution in [-0.4, -0.2) is 127 Å². The van der Waals surface area contributed by atoms with E-state index in [-0.39, 0.29) is 78.1 Å². The van der Waals surface area contributed by atoms with Crippen molar-refractivity contribution in [3.8, 4) is 0 Å². The standard InChI is InChI=1S/C49H76N4O11/c1-43(24-54)14-15-47(42(61)62)16-17-48-10-6-11-49(13-8-29(48)31(47)21-43)45(48,3)12-9-34-44(2,25-55)40(64-41-39(60)38(59)33(56)23-63-41)37(58)30(46(34,49)4)19-27-20-35(57)53-36(27)28(7-5-18-50)32-22-51-26-52-32/h8,22,26-28,30-31,33-34,36-41,54-56,58-60H,5-7,9-21,23-25,50H2,1-4H3,(H,51,52)(H,53,57)(H,61,62).